The van der Waals surface area contributed by atoms with E-state index in [1.54, 1.807) is 0 Å². The van der Waals surface area contributed by atoms with Crippen molar-refractivity contribution < 1.29 is 9.47 Å². The van der Waals surface area contributed by atoms with E-state index in [0.717, 1.165) is 21.3 Å². The molecule has 0 saturated carbocycles. The molecule has 23 heavy (non-hydrogen) atoms. The number of halogens is 2. The Balaban J connectivity index is 1.82. The third-order valence-corrected chi connectivity index (χ3v) is 5.66. The summed E-state index contributed by atoms with van der Waals surface area (Å²) in [5, 5.41) is 1.18. The van der Waals surface area contributed by atoms with Gasteiger partial charge in [-0.2, -0.15) is 0 Å². The monoisotopic (exact) mass is 412 g/mol. The number of hydrogen-bond donors (Lipinski definition) is 0. The maximum atomic E-state index is 6.30. The van der Waals surface area contributed by atoms with Gasteiger partial charge in [-0.15, -0.1) is 0 Å². The molecule has 1 aromatic heterocycles. The summed E-state index contributed by atoms with van der Waals surface area (Å²) in [5.41, 5.74) is 3.67. The number of aromatic nitrogens is 2. The number of thioether (sulfide) groups is 1. The zero-order valence-electron chi connectivity index (χ0n) is 12.4. The average Bonchev–Trinajstić information content (AvgIpc) is 2.55. The Morgan fingerprint density at radius 2 is 2.17 bits per heavy atom. The summed E-state index contributed by atoms with van der Waals surface area (Å²) in [6, 6.07) is 6.24. The van der Waals surface area contributed by atoms with Crippen LogP contribution in [0.2, 0.25) is 5.15 Å². The van der Waals surface area contributed by atoms with Crippen molar-refractivity contribution in [2.45, 2.75) is 30.4 Å². The predicted molar refractivity (Wildman–Crippen MR) is 92.8 cm³/mol. The Morgan fingerprint density at radius 3 is 3.00 bits per heavy atom. The van der Waals surface area contributed by atoms with Gasteiger partial charge < -0.3 is 9.47 Å². The lowest BCUT2D eigenvalue weighted by molar-refractivity contribution is -0.136. The van der Waals surface area contributed by atoms with Crippen molar-refractivity contribution in [2.75, 3.05) is 12.9 Å². The molecular weight excluding hydrogens is 400 g/mol. The third-order valence-electron chi connectivity index (χ3n) is 4.31. The molecule has 0 N–H and O–H groups in total. The Morgan fingerprint density at radius 1 is 1.30 bits per heavy atom. The zero-order chi connectivity index (χ0) is 16.0. The number of hydrogen-bond acceptors (Lipinski definition) is 5. The van der Waals surface area contributed by atoms with Gasteiger partial charge in [-0.1, -0.05) is 45.4 Å². The van der Waals surface area contributed by atoms with Crippen LogP contribution in [0.25, 0.3) is 0 Å². The standard InChI is InChI=1S/C16H14BrClN2O2S/c1-23-15-19-13-5-16(22-7-11(13)14(18)20-15)8-21-6-9-2-3-10(17)4-12(9)16/h2-4H,5-8H2,1H3. The van der Waals surface area contributed by atoms with Crippen molar-refractivity contribution in [1.82, 2.24) is 9.97 Å². The number of benzene rings is 1. The SMILES string of the molecule is CSc1nc(Cl)c2c(n1)CC1(COCc3ccc(Br)cc31)OC2. The smallest absolute Gasteiger partial charge is 0.188 e. The van der Waals surface area contributed by atoms with Crippen molar-refractivity contribution in [3.8, 4) is 0 Å². The first-order chi connectivity index (χ1) is 11.1. The maximum Gasteiger partial charge on any atom is 0.188 e. The summed E-state index contributed by atoms with van der Waals surface area (Å²) in [7, 11) is 0. The summed E-state index contributed by atoms with van der Waals surface area (Å²) in [6.45, 7) is 1.53. The van der Waals surface area contributed by atoms with E-state index in [1.165, 1.54) is 17.3 Å². The molecule has 2 aliphatic rings. The quantitative estimate of drug-likeness (QED) is 0.400. The van der Waals surface area contributed by atoms with Gasteiger partial charge >= 0.3 is 0 Å². The zero-order valence-corrected chi connectivity index (χ0v) is 15.6. The highest BCUT2D eigenvalue weighted by molar-refractivity contribution is 9.10. The largest absolute Gasteiger partial charge is 0.373 e. The van der Waals surface area contributed by atoms with E-state index >= 15 is 0 Å². The molecule has 0 bridgehead atoms. The molecule has 7 heteroatoms. The molecule has 4 rings (SSSR count). The fourth-order valence-corrected chi connectivity index (χ4v) is 4.20. The Kier molecular flexibility index (Phi) is 4.14. The van der Waals surface area contributed by atoms with Crippen LogP contribution in [-0.4, -0.2) is 22.8 Å². The van der Waals surface area contributed by atoms with E-state index in [9.17, 15) is 0 Å². The Bertz CT molecular complexity index is 789. The summed E-state index contributed by atoms with van der Waals surface area (Å²) in [6.07, 6.45) is 2.59. The Hall–Kier alpha value is -0.660. The molecule has 1 spiro atoms. The minimum atomic E-state index is -0.502. The minimum absolute atomic E-state index is 0.401. The molecule has 0 aliphatic carbocycles. The molecule has 0 radical (unpaired) electrons. The van der Waals surface area contributed by atoms with Crippen LogP contribution >= 0.6 is 39.3 Å². The van der Waals surface area contributed by atoms with Crippen LogP contribution in [0.4, 0.5) is 0 Å². The average molecular weight is 414 g/mol. The van der Waals surface area contributed by atoms with E-state index in [4.69, 9.17) is 21.1 Å². The predicted octanol–water partition coefficient (Wildman–Crippen LogP) is 4.11. The van der Waals surface area contributed by atoms with Gasteiger partial charge in [-0.25, -0.2) is 9.97 Å². The van der Waals surface area contributed by atoms with Gasteiger partial charge in [0.15, 0.2) is 5.16 Å². The van der Waals surface area contributed by atoms with Crippen molar-refractivity contribution in [2.24, 2.45) is 0 Å². The number of rotatable bonds is 1. The molecule has 2 aromatic rings. The van der Waals surface area contributed by atoms with E-state index in [0.29, 0.717) is 36.6 Å². The second-order valence-corrected chi connectivity index (χ2v) is 7.73. The van der Waals surface area contributed by atoms with Gasteiger partial charge in [0.2, 0.25) is 0 Å². The Labute approximate surface area is 152 Å². The molecule has 0 saturated heterocycles. The highest BCUT2D eigenvalue weighted by Crippen LogP contribution is 2.42. The van der Waals surface area contributed by atoms with Crippen LogP contribution in [0, 0.1) is 0 Å². The number of ether oxygens (including phenoxy) is 2. The first-order valence-corrected chi connectivity index (χ1v) is 9.61. The summed E-state index contributed by atoms with van der Waals surface area (Å²) in [5.74, 6) is 0. The van der Waals surface area contributed by atoms with Gasteiger partial charge in [0, 0.05) is 16.5 Å². The second-order valence-electron chi connectivity index (χ2n) is 5.68. The highest BCUT2D eigenvalue weighted by atomic mass is 79.9. The van der Waals surface area contributed by atoms with Crippen LogP contribution in [0.15, 0.2) is 27.8 Å². The van der Waals surface area contributed by atoms with E-state index in [2.05, 4.69) is 38.0 Å². The summed E-state index contributed by atoms with van der Waals surface area (Å²) < 4.78 is 13.1. The normalized spacial score (nSPS) is 22.7. The second kappa shape index (κ2) is 6.01. The summed E-state index contributed by atoms with van der Waals surface area (Å²) in [4.78, 5) is 8.95. The fraction of sp³-hybridized carbons (Fsp3) is 0.375. The van der Waals surface area contributed by atoms with Gasteiger partial charge in [0.05, 0.1) is 25.5 Å². The van der Waals surface area contributed by atoms with Gasteiger partial charge in [-0.3, -0.25) is 0 Å². The molecular formula is C16H14BrClN2O2S. The van der Waals surface area contributed by atoms with Crippen molar-refractivity contribution >= 4 is 39.3 Å². The van der Waals surface area contributed by atoms with Crippen molar-refractivity contribution in [1.29, 1.82) is 0 Å². The third kappa shape index (κ3) is 2.70. The molecule has 4 nitrogen and oxygen atoms in total. The van der Waals surface area contributed by atoms with Crippen LogP contribution < -0.4 is 0 Å². The van der Waals surface area contributed by atoms with Crippen LogP contribution in [-0.2, 0) is 34.7 Å². The summed E-state index contributed by atoms with van der Waals surface area (Å²) >= 11 is 11.3. The van der Waals surface area contributed by atoms with E-state index in [1.807, 2.05) is 12.3 Å². The first-order valence-electron chi connectivity index (χ1n) is 7.21. The van der Waals surface area contributed by atoms with Gasteiger partial charge in [0.1, 0.15) is 10.8 Å². The maximum absolute atomic E-state index is 6.30. The van der Waals surface area contributed by atoms with Crippen molar-refractivity contribution in [3.05, 3.63) is 50.2 Å². The highest BCUT2D eigenvalue weighted by Gasteiger charge is 2.43. The van der Waals surface area contributed by atoms with Crippen LogP contribution in [0.3, 0.4) is 0 Å². The lowest BCUT2D eigenvalue weighted by Crippen LogP contribution is -2.44. The molecule has 2 aliphatic heterocycles. The van der Waals surface area contributed by atoms with Gasteiger partial charge in [0.25, 0.3) is 0 Å². The topological polar surface area (TPSA) is 44.2 Å². The lowest BCUT2D eigenvalue weighted by atomic mass is 9.82. The molecule has 0 fully saturated rings. The number of nitrogens with zero attached hydrogens (tertiary/aromatic N) is 2. The molecule has 3 heterocycles. The molecule has 1 atom stereocenters. The molecule has 1 aromatic carbocycles. The molecule has 0 amide bonds. The minimum Gasteiger partial charge on any atom is -0.373 e. The number of fused-ring (bicyclic) bond motifs is 3. The van der Waals surface area contributed by atoms with Crippen LogP contribution in [0.5, 0.6) is 0 Å². The van der Waals surface area contributed by atoms with Gasteiger partial charge in [-0.05, 0) is 29.5 Å². The lowest BCUT2D eigenvalue weighted by Gasteiger charge is -2.41. The molecule has 120 valence electrons. The first kappa shape index (κ1) is 15.8. The van der Waals surface area contributed by atoms with E-state index in [-0.39, 0.29) is 0 Å². The van der Waals surface area contributed by atoms with Crippen LogP contribution in [0.1, 0.15) is 22.4 Å². The van der Waals surface area contributed by atoms with E-state index < -0.39 is 5.60 Å². The molecule has 1 unspecified atom stereocenters. The van der Waals surface area contributed by atoms with Crippen molar-refractivity contribution in [3.63, 3.8) is 0 Å². The fourth-order valence-electron chi connectivity index (χ4n) is 3.16.